The standard InChI is InChI=1S/C15H19N5/c1-3-11-14-12(9-13(16)19-11)17-10(2)18-15(14)20-7-5-4-6-8-20/h5,7,9H,3-4,6,8H2,1-2H3,(H2,16,19). The minimum absolute atomic E-state index is 0.521. The second-order valence-corrected chi connectivity index (χ2v) is 5.06. The molecular formula is C15H19N5. The van der Waals surface area contributed by atoms with Crippen LogP contribution in [0.25, 0.3) is 10.9 Å². The van der Waals surface area contributed by atoms with Crippen molar-refractivity contribution in [1.82, 2.24) is 15.0 Å². The van der Waals surface area contributed by atoms with Crippen molar-refractivity contribution in [3.63, 3.8) is 0 Å². The number of aryl methyl sites for hydroxylation is 2. The van der Waals surface area contributed by atoms with Crippen LogP contribution in [0.5, 0.6) is 0 Å². The van der Waals surface area contributed by atoms with Gasteiger partial charge >= 0.3 is 0 Å². The summed E-state index contributed by atoms with van der Waals surface area (Å²) in [6.45, 7) is 4.98. The molecule has 1 aliphatic heterocycles. The molecule has 3 heterocycles. The van der Waals surface area contributed by atoms with Crippen LogP contribution in [0.2, 0.25) is 0 Å². The quantitative estimate of drug-likeness (QED) is 0.907. The van der Waals surface area contributed by atoms with Gasteiger partial charge in [-0.25, -0.2) is 15.0 Å². The van der Waals surface area contributed by atoms with Gasteiger partial charge < -0.3 is 10.6 Å². The molecule has 0 aromatic carbocycles. The van der Waals surface area contributed by atoms with Gasteiger partial charge in [-0.1, -0.05) is 13.0 Å². The number of allylic oxidation sites excluding steroid dienone is 1. The number of nitrogens with zero attached hydrogens (tertiary/aromatic N) is 4. The molecule has 3 rings (SSSR count). The average Bonchev–Trinajstić information content (AvgIpc) is 2.46. The molecule has 5 heteroatoms. The maximum Gasteiger partial charge on any atom is 0.146 e. The van der Waals surface area contributed by atoms with Crippen molar-refractivity contribution in [2.75, 3.05) is 17.2 Å². The SMILES string of the molecule is CCc1nc(N)cc2nc(C)nc(N3C=CCCC3)c12. The second kappa shape index (κ2) is 5.07. The Bertz CT molecular complexity index is 672. The van der Waals surface area contributed by atoms with Crippen LogP contribution in [-0.4, -0.2) is 21.5 Å². The van der Waals surface area contributed by atoms with Crippen LogP contribution in [0.1, 0.15) is 31.3 Å². The van der Waals surface area contributed by atoms with E-state index in [0.29, 0.717) is 5.82 Å². The molecule has 2 aromatic rings. The summed E-state index contributed by atoms with van der Waals surface area (Å²) in [7, 11) is 0. The van der Waals surface area contributed by atoms with Gasteiger partial charge in [0.1, 0.15) is 17.5 Å². The number of fused-ring (bicyclic) bond motifs is 1. The summed E-state index contributed by atoms with van der Waals surface area (Å²) in [6.07, 6.45) is 7.39. The number of pyridine rings is 1. The smallest absolute Gasteiger partial charge is 0.146 e. The first-order chi connectivity index (χ1) is 9.69. The van der Waals surface area contributed by atoms with E-state index < -0.39 is 0 Å². The van der Waals surface area contributed by atoms with Crippen LogP contribution in [0.3, 0.4) is 0 Å². The molecule has 0 amide bonds. The van der Waals surface area contributed by atoms with Crippen molar-refractivity contribution in [1.29, 1.82) is 0 Å². The van der Waals surface area contributed by atoms with Gasteiger partial charge in [-0.05, 0) is 26.2 Å². The van der Waals surface area contributed by atoms with Crippen molar-refractivity contribution in [2.24, 2.45) is 0 Å². The highest BCUT2D eigenvalue weighted by atomic mass is 15.2. The summed E-state index contributed by atoms with van der Waals surface area (Å²) in [6, 6.07) is 1.83. The molecule has 0 saturated carbocycles. The number of nitrogen functional groups attached to an aromatic ring is 1. The van der Waals surface area contributed by atoms with E-state index in [1.807, 2.05) is 13.0 Å². The molecule has 5 nitrogen and oxygen atoms in total. The Morgan fingerprint density at radius 1 is 1.30 bits per heavy atom. The third-order valence-electron chi connectivity index (χ3n) is 3.53. The first kappa shape index (κ1) is 12.8. The van der Waals surface area contributed by atoms with Gasteiger partial charge in [-0.3, -0.25) is 0 Å². The molecule has 104 valence electrons. The Kier molecular flexibility index (Phi) is 3.26. The molecule has 0 aliphatic carbocycles. The van der Waals surface area contributed by atoms with E-state index in [2.05, 4.69) is 39.1 Å². The van der Waals surface area contributed by atoms with Gasteiger partial charge in [0.25, 0.3) is 0 Å². The van der Waals surface area contributed by atoms with E-state index in [1.165, 1.54) is 0 Å². The second-order valence-electron chi connectivity index (χ2n) is 5.06. The summed E-state index contributed by atoms with van der Waals surface area (Å²) >= 11 is 0. The normalized spacial score (nSPS) is 15.0. The molecule has 0 spiro atoms. The lowest BCUT2D eigenvalue weighted by Gasteiger charge is -2.24. The van der Waals surface area contributed by atoms with Crippen molar-refractivity contribution in [3.8, 4) is 0 Å². The molecule has 2 N–H and O–H groups in total. The third kappa shape index (κ3) is 2.19. The van der Waals surface area contributed by atoms with Crippen molar-refractivity contribution in [3.05, 3.63) is 29.9 Å². The number of aromatic nitrogens is 3. The molecule has 0 saturated heterocycles. The van der Waals surface area contributed by atoms with E-state index in [9.17, 15) is 0 Å². The lowest BCUT2D eigenvalue weighted by atomic mass is 10.1. The summed E-state index contributed by atoms with van der Waals surface area (Å²) in [5, 5.41) is 1.03. The Morgan fingerprint density at radius 2 is 2.15 bits per heavy atom. The summed E-state index contributed by atoms with van der Waals surface area (Å²) in [5.41, 5.74) is 7.73. The fraction of sp³-hybridized carbons (Fsp3) is 0.400. The van der Waals surface area contributed by atoms with Crippen LogP contribution in [-0.2, 0) is 6.42 Å². The first-order valence-electron chi connectivity index (χ1n) is 7.06. The van der Waals surface area contributed by atoms with Gasteiger partial charge in [0.2, 0.25) is 0 Å². The number of anilines is 2. The Labute approximate surface area is 118 Å². The highest BCUT2D eigenvalue weighted by Crippen LogP contribution is 2.29. The fourth-order valence-corrected chi connectivity index (χ4v) is 2.64. The summed E-state index contributed by atoms with van der Waals surface area (Å²) in [4.78, 5) is 15.8. The zero-order valence-electron chi connectivity index (χ0n) is 11.9. The van der Waals surface area contributed by atoms with Gasteiger partial charge in [0.15, 0.2) is 0 Å². The van der Waals surface area contributed by atoms with E-state index >= 15 is 0 Å². The Balaban J connectivity index is 2.29. The van der Waals surface area contributed by atoms with Crippen LogP contribution < -0.4 is 10.6 Å². The molecule has 0 bridgehead atoms. The highest BCUT2D eigenvalue weighted by molar-refractivity contribution is 5.93. The molecular weight excluding hydrogens is 250 g/mol. The van der Waals surface area contributed by atoms with Crippen molar-refractivity contribution < 1.29 is 0 Å². The van der Waals surface area contributed by atoms with Crippen LogP contribution in [0.15, 0.2) is 18.3 Å². The average molecular weight is 269 g/mol. The summed E-state index contributed by atoms with van der Waals surface area (Å²) in [5.74, 6) is 2.24. The Hall–Kier alpha value is -2.17. The lowest BCUT2D eigenvalue weighted by Crippen LogP contribution is -2.22. The number of rotatable bonds is 2. The number of hydrogen-bond donors (Lipinski definition) is 1. The first-order valence-corrected chi connectivity index (χ1v) is 7.06. The zero-order valence-corrected chi connectivity index (χ0v) is 11.9. The number of nitrogens with two attached hydrogens (primary N) is 1. The minimum atomic E-state index is 0.521. The maximum atomic E-state index is 5.88. The van der Waals surface area contributed by atoms with E-state index in [0.717, 1.165) is 54.0 Å². The molecule has 0 unspecified atom stereocenters. The fourth-order valence-electron chi connectivity index (χ4n) is 2.64. The molecule has 20 heavy (non-hydrogen) atoms. The lowest BCUT2D eigenvalue weighted by molar-refractivity contribution is 0.777. The molecule has 0 atom stereocenters. The van der Waals surface area contributed by atoms with E-state index in [1.54, 1.807) is 0 Å². The third-order valence-corrected chi connectivity index (χ3v) is 3.53. The molecule has 1 aliphatic rings. The predicted molar refractivity (Wildman–Crippen MR) is 81.6 cm³/mol. The van der Waals surface area contributed by atoms with Gasteiger partial charge in [-0.2, -0.15) is 0 Å². The largest absolute Gasteiger partial charge is 0.384 e. The van der Waals surface area contributed by atoms with E-state index in [-0.39, 0.29) is 0 Å². The highest BCUT2D eigenvalue weighted by Gasteiger charge is 2.17. The van der Waals surface area contributed by atoms with Gasteiger partial charge in [0, 0.05) is 18.8 Å². The predicted octanol–water partition coefficient (Wildman–Crippen LogP) is 2.59. The minimum Gasteiger partial charge on any atom is -0.384 e. The van der Waals surface area contributed by atoms with Crippen molar-refractivity contribution >= 4 is 22.5 Å². The topological polar surface area (TPSA) is 67.9 Å². The molecule has 2 aromatic heterocycles. The molecule has 0 fully saturated rings. The van der Waals surface area contributed by atoms with Crippen LogP contribution >= 0.6 is 0 Å². The molecule has 0 radical (unpaired) electrons. The van der Waals surface area contributed by atoms with Crippen LogP contribution in [0, 0.1) is 6.92 Å². The number of hydrogen-bond acceptors (Lipinski definition) is 5. The monoisotopic (exact) mass is 269 g/mol. The van der Waals surface area contributed by atoms with Gasteiger partial charge in [0.05, 0.1) is 16.6 Å². The van der Waals surface area contributed by atoms with Crippen LogP contribution in [0.4, 0.5) is 11.6 Å². The van der Waals surface area contributed by atoms with E-state index in [4.69, 9.17) is 5.73 Å². The van der Waals surface area contributed by atoms with Crippen molar-refractivity contribution in [2.45, 2.75) is 33.1 Å². The summed E-state index contributed by atoms with van der Waals surface area (Å²) < 4.78 is 0. The van der Waals surface area contributed by atoms with Gasteiger partial charge in [-0.15, -0.1) is 0 Å². The zero-order chi connectivity index (χ0) is 14.1. The maximum absolute atomic E-state index is 5.88. The Morgan fingerprint density at radius 3 is 2.85 bits per heavy atom.